The minimum absolute atomic E-state index is 0.0820. The van der Waals surface area contributed by atoms with Gasteiger partial charge in [-0.2, -0.15) is 0 Å². The molecule has 0 N–H and O–H groups in total. The van der Waals surface area contributed by atoms with Gasteiger partial charge in [-0.05, 0) is 45.6 Å². The van der Waals surface area contributed by atoms with Gasteiger partial charge < -0.3 is 14.4 Å². The van der Waals surface area contributed by atoms with E-state index in [9.17, 15) is 4.79 Å². The van der Waals surface area contributed by atoms with Crippen LogP contribution in [0.25, 0.3) is 0 Å². The molecule has 20 heavy (non-hydrogen) atoms. The number of likely N-dealkylation sites (tertiary alicyclic amines) is 1. The summed E-state index contributed by atoms with van der Waals surface area (Å²) in [7, 11) is 0. The van der Waals surface area contributed by atoms with Crippen molar-refractivity contribution in [3.05, 3.63) is 22.4 Å². The largest absolute Gasteiger partial charge is 0.444 e. The first-order valence-electron chi connectivity index (χ1n) is 7.02. The van der Waals surface area contributed by atoms with Crippen LogP contribution in [0.2, 0.25) is 0 Å². The summed E-state index contributed by atoms with van der Waals surface area (Å²) in [4.78, 5) is 14.9. The van der Waals surface area contributed by atoms with Gasteiger partial charge in [0.1, 0.15) is 5.60 Å². The molecular weight excluding hydrogens is 274 g/mol. The molecule has 112 valence electrons. The molecule has 0 radical (unpaired) electrons. The third-order valence-electron chi connectivity index (χ3n) is 3.14. The van der Waals surface area contributed by atoms with Gasteiger partial charge in [-0.3, -0.25) is 0 Å². The molecular formula is C15H23NO3S. The molecule has 1 aromatic rings. The van der Waals surface area contributed by atoms with Crippen molar-refractivity contribution in [1.29, 1.82) is 0 Å². The summed E-state index contributed by atoms with van der Waals surface area (Å²) >= 11 is 1.70. The highest BCUT2D eigenvalue weighted by Gasteiger charge is 2.31. The first-order valence-corrected chi connectivity index (χ1v) is 7.90. The number of carbonyl (C=O) groups excluding carboxylic acids is 1. The van der Waals surface area contributed by atoms with E-state index in [1.165, 1.54) is 4.88 Å². The molecule has 5 heteroatoms. The van der Waals surface area contributed by atoms with Crippen LogP contribution < -0.4 is 0 Å². The Hall–Kier alpha value is -1.07. The van der Waals surface area contributed by atoms with E-state index in [0.717, 1.165) is 6.42 Å². The topological polar surface area (TPSA) is 38.8 Å². The Morgan fingerprint density at radius 2 is 2.25 bits per heavy atom. The van der Waals surface area contributed by atoms with Crippen molar-refractivity contribution >= 4 is 17.4 Å². The summed E-state index contributed by atoms with van der Waals surface area (Å²) in [5.74, 6) is 0. The minimum atomic E-state index is -0.444. The van der Waals surface area contributed by atoms with E-state index in [4.69, 9.17) is 9.47 Å². The van der Waals surface area contributed by atoms with E-state index in [2.05, 4.69) is 18.4 Å². The van der Waals surface area contributed by atoms with Gasteiger partial charge in [0.2, 0.25) is 0 Å². The van der Waals surface area contributed by atoms with Crippen molar-refractivity contribution < 1.29 is 14.3 Å². The molecule has 1 aliphatic rings. The Kier molecular flexibility index (Phi) is 4.70. The molecule has 1 aliphatic heterocycles. The lowest BCUT2D eigenvalue weighted by molar-refractivity contribution is -0.00253. The second-order valence-electron chi connectivity index (χ2n) is 6.13. The van der Waals surface area contributed by atoms with Gasteiger partial charge >= 0.3 is 6.09 Å². The summed E-state index contributed by atoms with van der Waals surface area (Å²) in [6.07, 6.45) is 0.806. The standard InChI is InChI=1S/C15H23NO3S/c1-11(13-6-5-9-20-13)18-12-7-8-16(10-12)14(17)19-15(2,3)4/h5-6,9,11-12H,7-8,10H2,1-4H3/t11-,12-/m0/s1. The molecule has 0 aromatic carbocycles. The van der Waals surface area contributed by atoms with Gasteiger partial charge in [0, 0.05) is 11.4 Å². The smallest absolute Gasteiger partial charge is 0.410 e. The fraction of sp³-hybridized carbons (Fsp3) is 0.667. The quantitative estimate of drug-likeness (QED) is 0.851. The molecule has 4 nitrogen and oxygen atoms in total. The van der Waals surface area contributed by atoms with Crippen molar-refractivity contribution in [3.63, 3.8) is 0 Å². The molecule has 1 aromatic heterocycles. The van der Waals surface area contributed by atoms with Crippen LogP contribution in [0.15, 0.2) is 17.5 Å². The van der Waals surface area contributed by atoms with Crippen LogP contribution in [0, 0.1) is 0 Å². The molecule has 2 rings (SSSR count). The molecule has 0 bridgehead atoms. The second-order valence-corrected chi connectivity index (χ2v) is 7.11. The number of carbonyl (C=O) groups is 1. The molecule has 0 spiro atoms. The lowest BCUT2D eigenvalue weighted by Gasteiger charge is -2.24. The number of thiophene rings is 1. The summed E-state index contributed by atoms with van der Waals surface area (Å²) in [5, 5.41) is 2.05. The second kappa shape index (κ2) is 6.14. The Morgan fingerprint density at radius 1 is 1.50 bits per heavy atom. The minimum Gasteiger partial charge on any atom is -0.444 e. The van der Waals surface area contributed by atoms with Gasteiger partial charge in [0.05, 0.1) is 18.8 Å². The molecule has 2 heterocycles. The van der Waals surface area contributed by atoms with Crippen LogP contribution in [0.3, 0.4) is 0 Å². The van der Waals surface area contributed by atoms with Crippen LogP contribution in [-0.2, 0) is 9.47 Å². The van der Waals surface area contributed by atoms with Crippen molar-refractivity contribution in [1.82, 2.24) is 4.90 Å². The zero-order valence-electron chi connectivity index (χ0n) is 12.6. The van der Waals surface area contributed by atoms with Gasteiger partial charge in [0.25, 0.3) is 0 Å². The molecule has 1 fully saturated rings. The van der Waals surface area contributed by atoms with Crippen LogP contribution >= 0.6 is 11.3 Å². The molecule has 0 unspecified atom stereocenters. The maximum Gasteiger partial charge on any atom is 0.410 e. The van der Waals surface area contributed by atoms with Crippen LogP contribution in [-0.4, -0.2) is 35.8 Å². The Morgan fingerprint density at radius 3 is 2.85 bits per heavy atom. The fourth-order valence-corrected chi connectivity index (χ4v) is 2.93. The molecule has 2 atom stereocenters. The zero-order chi connectivity index (χ0) is 14.8. The summed E-state index contributed by atoms with van der Waals surface area (Å²) in [5.41, 5.74) is -0.444. The number of nitrogens with zero attached hydrogens (tertiary/aromatic N) is 1. The normalized spacial score (nSPS) is 21.0. The predicted molar refractivity (Wildman–Crippen MR) is 80.0 cm³/mol. The van der Waals surface area contributed by atoms with E-state index >= 15 is 0 Å². The molecule has 1 amide bonds. The fourth-order valence-electron chi connectivity index (χ4n) is 2.21. The highest BCUT2D eigenvalue weighted by molar-refractivity contribution is 7.10. The van der Waals surface area contributed by atoms with Crippen molar-refractivity contribution in [3.8, 4) is 0 Å². The van der Waals surface area contributed by atoms with Crippen LogP contribution in [0.4, 0.5) is 4.79 Å². The van der Waals surface area contributed by atoms with E-state index in [1.54, 1.807) is 16.2 Å². The summed E-state index contributed by atoms with van der Waals surface area (Å²) < 4.78 is 11.4. The number of ether oxygens (including phenoxy) is 2. The number of hydrogen-bond acceptors (Lipinski definition) is 4. The van der Waals surface area contributed by atoms with E-state index in [1.807, 2.05) is 26.8 Å². The van der Waals surface area contributed by atoms with E-state index in [0.29, 0.717) is 13.1 Å². The third kappa shape index (κ3) is 4.21. The van der Waals surface area contributed by atoms with Crippen molar-refractivity contribution in [2.75, 3.05) is 13.1 Å². The zero-order valence-corrected chi connectivity index (χ0v) is 13.4. The SMILES string of the molecule is C[C@H](O[C@H]1CCN(C(=O)OC(C)(C)C)C1)c1cccs1. The van der Waals surface area contributed by atoms with Gasteiger partial charge in [-0.1, -0.05) is 6.07 Å². The first kappa shape index (κ1) is 15.3. The predicted octanol–water partition coefficient (Wildman–Crippen LogP) is 3.84. The maximum atomic E-state index is 12.0. The Balaban J connectivity index is 1.82. The van der Waals surface area contributed by atoms with Crippen LogP contribution in [0.1, 0.15) is 45.1 Å². The highest BCUT2D eigenvalue weighted by Crippen LogP contribution is 2.26. The molecule has 0 saturated carbocycles. The monoisotopic (exact) mass is 297 g/mol. The molecule has 1 saturated heterocycles. The summed E-state index contributed by atoms with van der Waals surface area (Å²) in [6, 6.07) is 4.11. The molecule has 0 aliphatic carbocycles. The first-order chi connectivity index (χ1) is 9.35. The van der Waals surface area contributed by atoms with Gasteiger partial charge in [-0.25, -0.2) is 4.79 Å². The van der Waals surface area contributed by atoms with Crippen molar-refractivity contribution in [2.45, 2.75) is 51.9 Å². The van der Waals surface area contributed by atoms with Gasteiger partial charge in [-0.15, -0.1) is 11.3 Å². The average molecular weight is 297 g/mol. The average Bonchev–Trinajstić information content (AvgIpc) is 2.97. The number of rotatable bonds is 3. The number of hydrogen-bond donors (Lipinski definition) is 0. The van der Waals surface area contributed by atoms with Crippen LogP contribution in [0.5, 0.6) is 0 Å². The highest BCUT2D eigenvalue weighted by atomic mass is 32.1. The third-order valence-corrected chi connectivity index (χ3v) is 4.17. The van der Waals surface area contributed by atoms with E-state index < -0.39 is 5.60 Å². The summed E-state index contributed by atoms with van der Waals surface area (Å²) in [6.45, 7) is 9.03. The lowest BCUT2D eigenvalue weighted by Crippen LogP contribution is -2.36. The Bertz CT molecular complexity index is 438. The number of amides is 1. The lowest BCUT2D eigenvalue weighted by atomic mass is 10.2. The Labute approximate surface area is 124 Å². The van der Waals surface area contributed by atoms with Crippen molar-refractivity contribution in [2.24, 2.45) is 0 Å². The maximum absolute atomic E-state index is 12.0. The van der Waals surface area contributed by atoms with Gasteiger partial charge in [0.15, 0.2) is 0 Å². The van der Waals surface area contributed by atoms with E-state index in [-0.39, 0.29) is 18.3 Å².